The summed E-state index contributed by atoms with van der Waals surface area (Å²) >= 11 is 0. The molecule has 0 aliphatic rings. The predicted molar refractivity (Wildman–Crippen MR) is 59.4 cm³/mol. The summed E-state index contributed by atoms with van der Waals surface area (Å²) in [4.78, 5) is 4.32. The molecule has 0 bridgehead atoms. The second-order valence-electron chi connectivity index (χ2n) is 6.01. The molecule has 0 atom stereocenters. The Morgan fingerprint density at radius 1 is 1.13 bits per heavy atom. The van der Waals surface area contributed by atoms with E-state index in [-0.39, 0.29) is 11.0 Å². The quantitative estimate of drug-likeness (QED) is 0.829. The van der Waals surface area contributed by atoms with E-state index in [4.69, 9.17) is 10.3 Å². The van der Waals surface area contributed by atoms with Crippen LogP contribution in [0.2, 0.25) is 0 Å². The fourth-order valence-corrected chi connectivity index (χ4v) is 1.30. The molecule has 0 fully saturated rings. The van der Waals surface area contributed by atoms with Crippen LogP contribution in [0.15, 0.2) is 4.52 Å². The van der Waals surface area contributed by atoms with Crippen LogP contribution in [0.1, 0.15) is 46.3 Å². The van der Waals surface area contributed by atoms with Crippen LogP contribution in [0, 0.1) is 5.41 Å². The normalized spacial score (nSPS) is 13.2. The van der Waals surface area contributed by atoms with Crippen LogP contribution < -0.4 is 5.73 Å². The average molecular weight is 211 g/mol. The molecular formula is C11H21N3O. The molecule has 15 heavy (non-hydrogen) atoms. The Bertz CT molecular complexity index is 287. The van der Waals surface area contributed by atoms with Crippen molar-refractivity contribution < 1.29 is 4.52 Å². The van der Waals surface area contributed by atoms with Gasteiger partial charge in [-0.2, -0.15) is 4.98 Å². The molecule has 0 unspecified atom stereocenters. The minimum absolute atomic E-state index is 0.180. The lowest BCUT2D eigenvalue weighted by Crippen LogP contribution is -2.34. The van der Waals surface area contributed by atoms with Gasteiger partial charge in [-0.05, 0) is 19.3 Å². The topological polar surface area (TPSA) is 64.9 Å². The SMILES string of the molecule is CC(C)(C)Cc1noc(CC(C)(C)N)n1. The molecule has 0 spiro atoms. The fourth-order valence-electron chi connectivity index (χ4n) is 1.30. The van der Waals surface area contributed by atoms with Gasteiger partial charge in [-0.25, -0.2) is 0 Å². The summed E-state index contributed by atoms with van der Waals surface area (Å²) in [7, 11) is 0. The summed E-state index contributed by atoms with van der Waals surface area (Å²) in [6, 6.07) is 0. The highest BCUT2D eigenvalue weighted by Gasteiger charge is 2.19. The first kappa shape index (κ1) is 12.2. The van der Waals surface area contributed by atoms with Gasteiger partial charge in [-0.15, -0.1) is 0 Å². The highest BCUT2D eigenvalue weighted by Crippen LogP contribution is 2.19. The van der Waals surface area contributed by atoms with E-state index in [1.807, 2.05) is 13.8 Å². The zero-order chi connectivity index (χ0) is 11.7. The maximum absolute atomic E-state index is 5.88. The summed E-state index contributed by atoms with van der Waals surface area (Å²) in [5.41, 5.74) is 5.76. The van der Waals surface area contributed by atoms with Crippen molar-refractivity contribution in [3.05, 3.63) is 11.7 Å². The first-order chi connectivity index (χ1) is 6.66. The third-order valence-corrected chi connectivity index (χ3v) is 1.81. The van der Waals surface area contributed by atoms with Crippen LogP contribution >= 0.6 is 0 Å². The summed E-state index contributed by atoms with van der Waals surface area (Å²) in [6.45, 7) is 10.3. The van der Waals surface area contributed by atoms with Gasteiger partial charge in [0.05, 0.1) is 0 Å². The van der Waals surface area contributed by atoms with E-state index < -0.39 is 0 Å². The van der Waals surface area contributed by atoms with Crippen LogP contribution in [0.4, 0.5) is 0 Å². The van der Waals surface area contributed by atoms with Crippen LogP contribution in [0.3, 0.4) is 0 Å². The first-order valence-corrected chi connectivity index (χ1v) is 5.26. The maximum atomic E-state index is 5.88. The van der Waals surface area contributed by atoms with Gasteiger partial charge < -0.3 is 10.3 Å². The molecule has 2 N–H and O–H groups in total. The highest BCUT2D eigenvalue weighted by molar-refractivity contribution is 4.94. The molecule has 4 nitrogen and oxygen atoms in total. The van der Waals surface area contributed by atoms with E-state index in [2.05, 4.69) is 30.9 Å². The number of rotatable bonds is 3. The first-order valence-electron chi connectivity index (χ1n) is 5.26. The lowest BCUT2D eigenvalue weighted by Gasteiger charge is -2.15. The Morgan fingerprint density at radius 2 is 1.73 bits per heavy atom. The van der Waals surface area contributed by atoms with Gasteiger partial charge in [0.1, 0.15) is 0 Å². The van der Waals surface area contributed by atoms with E-state index in [1.54, 1.807) is 0 Å². The molecule has 1 heterocycles. The molecule has 0 saturated carbocycles. The molecule has 0 amide bonds. The standard InChI is InChI=1S/C11H21N3O/c1-10(2,3)6-8-13-9(15-14-8)7-11(4,5)12/h6-7,12H2,1-5H3. The molecule has 1 aromatic rings. The van der Waals surface area contributed by atoms with E-state index in [1.165, 1.54) is 0 Å². The Labute approximate surface area is 91.2 Å². The third-order valence-electron chi connectivity index (χ3n) is 1.81. The van der Waals surface area contributed by atoms with Gasteiger partial charge in [0.15, 0.2) is 5.82 Å². The smallest absolute Gasteiger partial charge is 0.228 e. The number of aromatic nitrogens is 2. The monoisotopic (exact) mass is 211 g/mol. The van der Waals surface area contributed by atoms with Crippen molar-refractivity contribution in [2.24, 2.45) is 11.1 Å². The zero-order valence-electron chi connectivity index (χ0n) is 10.3. The largest absolute Gasteiger partial charge is 0.339 e. The molecule has 86 valence electrons. The van der Waals surface area contributed by atoms with Gasteiger partial charge in [0.2, 0.25) is 5.89 Å². The van der Waals surface area contributed by atoms with Crippen LogP contribution in [0.5, 0.6) is 0 Å². The van der Waals surface area contributed by atoms with Gasteiger partial charge in [0, 0.05) is 18.4 Å². The Hall–Kier alpha value is -0.900. The molecule has 0 radical (unpaired) electrons. The van der Waals surface area contributed by atoms with Gasteiger partial charge in [-0.3, -0.25) is 0 Å². The fraction of sp³-hybridized carbons (Fsp3) is 0.818. The molecular weight excluding hydrogens is 190 g/mol. The Balaban J connectivity index is 2.65. The van der Waals surface area contributed by atoms with E-state index >= 15 is 0 Å². The lowest BCUT2D eigenvalue weighted by molar-refractivity contribution is 0.336. The molecule has 0 aromatic carbocycles. The van der Waals surface area contributed by atoms with Crippen molar-refractivity contribution in [2.75, 3.05) is 0 Å². The average Bonchev–Trinajstić information content (AvgIpc) is 2.28. The second kappa shape index (κ2) is 3.93. The van der Waals surface area contributed by atoms with Gasteiger partial charge >= 0.3 is 0 Å². The van der Waals surface area contributed by atoms with Crippen molar-refractivity contribution in [3.8, 4) is 0 Å². The number of nitrogens with zero attached hydrogens (tertiary/aromatic N) is 2. The Morgan fingerprint density at radius 3 is 2.20 bits per heavy atom. The van der Waals surface area contributed by atoms with Crippen molar-refractivity contribution in [2.45, 2.75) is 53.0 Å². The molecule has 0 aliphatic carbocycles. The van der Waals surface area contributed by atoms with Gasteiger partial charge in [0.25, 0.3) is 0 Å². The third kappa shape index (κ3) is 4.93. The van der Waals surface area contributed by atoms with Crippen LogP contribution in [0.25, 0.3) is 0 Å². The summed E-state index contributed by atoms with van der Waals surface area (Å²) in [6.07, 6.45) is 1.44. The van der Waals surface area contributed by atoms with Crippen LogP contribution in [-0.4, -0.2) is 15.7 Å². The summed E-state index contributed by atoms with van der Waals surface area (Å²) < 4.78 is 5.15. The van der Waals surface area contributed by atoms with Gasteiger partial charge in [-0.1, -0.05) is 25.9 Å². The molecule has 1 aromatic heterocycles. The zero-order valence-corrected chi connectivity index (χ0v) is 10.3. The minimum atomic E-state index is -0.300. The van der Waals surface area contributed by atoms with Crippen molar-refractivity contribution in [1.82, 2.24) is 10.1 Å². The number of hydrogen-bond acceptors (Lipinski definition) is 4. The predicted octanol–water partition coefficient (Wildman–Crippen LogP) is 1.94. The number of hydrogen-bond donors (Lipinski definition) is 1. The van der Waals surface area contributed by atoms with Crippen molar-refractivity contribution in [1.29, 1.82) is 0 Å². The molecule has 1 rings (SSSR count). The molecule has 0 aliphatic heterocycles. The molecule has 0 saturated heterocycles. The highest BCUT2D eigenvalue weighted by atomic mass is 16.5. The maximum Gasteiger partial charge on any atom is 0.228 e. The summed E-state index contributed by atoms with van der Waals surface area (Å²) in [5.74, 6) is 1.39. The summed E-state index contributed by atoms with van der Waals surface area (Å²) in [5, 5.41) is 3.94. The van der Waals surface area contributed by atoms with Crippen LogP contribution in [-0.2, 0) is 12.8 Å². The Kier molecular flexibility index (Phi) is 3.19. The van der Waals surface area contributed by atoms with E-state index in [0.29, 0.717) is 12.3 Å². The van der Waals surface area contributed by atoms with E-state index in [9.17, 15) is 0 Å². The van der Waals surface area contributed by atoms with E-state index in [0.717, 1.165) is 12.2 Å². The second-order valence-corrected chi connectivity index (χ2v) is 6.01. The van der Waals surface area contributed by atoms with Crippen molar-refractivity contribution >= 4 is 0 Å². The molecule has 4 heteroatoms. The minimum Gasteiger partial charge on any atom is -0.339 e. The van der Waals surface area contributed by atoms with Crippen molar-refractivity contribution in [3.63, 3.8) is 0 Å². The lowest BCUT2D eigenvalue weighted by atomic mass is 9.92. The number of nitrogens with two attached hydrogens (primary N) is 1.